The molecular weight excluding hydrogens is 454 g/mol. The van der Waals surface area contributed by atoms with Crippen LogP contribution in [0, 0.1) is 5.41 Å². The topological polar surface area (TPSA) is 91.4 Å². The Balaban J connectivity index is 0.00000338. The molecule has 1 aromatic heterocycles. The van der Waals surface area contributed by atoms with E-state index >= 15 is 0 Å². The number of hydrogen-bond donors (Lipinski definition) is 3. The van der Waals surface area contributed by atoms with E-state index in [0.717, 1.165) is 6.54 Å². The summed E-state index contributed by atoms with van der Waals surface area (Å²) in [5.41, 5.74) is 6.96. The zero-order valence-electron chi connectivity index (χ0n) is 14.5. The first-order valence-electron chi connectivity index (χ1n) is 7.29. The van der Waals surface area contributed by atoms with Crippen molar-refractivity contribution in [2.45, 2.75) is 0 Å². The van der Waals surface area contributed by atoms with Gasteiger partial charge in [-0.2, -0.15) is 0 Å². The minimum atomic E-state index is -0.496. The number of carbonyl (C=O) groups is 1. The molecule has 0 atom stereocenters. The second kappa shape index (κ2) is 11.6. The molecule has 2 aromatic rings. The van der Waals surface area contributed by atoms with Crippen molar-refractivity contribution in [3.8, 4) is 16.9 Å². The van der Waals surface area contributed by atoms with Crippen molar-refractivity contribution < 1.29 is 9.53 Å². The molecule has 0 radical (unpaired) electrons. The Morgan fingerprint density at radius 2 is 1.93 bits per heavy atom. The van der Waals surface area contributed by atoms with E-state index in [-0.39, 0.29) is 24.8 Å². The van der Waals surface area contributed by atoms with Gasteiger partial charge in [-0.25, -0.2) is 0 Å². The van der Waals surface area contributed by atoms with Gasteiger partial charge < -0.3 is 15.4 Å². The summed E-state index contributed by atoms with van der Waals surface area (Å²) in [5.74, 6) is -0.405. The lowest BCUT2D eigenvalue weighted by molar-refractivity contribution is 0.0976. The van der Waals surface area contributed by atoms with Crippen molar-refractivity contribution in [2.75, 3.05) is 27.2 Å². The maximum Gasteiger partial charge on any atom is 0.258 e. The number of amides is 1. The quantitative estimate of drug-likeness (QED) is 0.434. The molecule has 0 aliphatic rings. The van der Waals surface area contributed by atoms with E-state index in [4.69, 9.17) is 39.1 Å². The molecule has 0 aliphatic heterocycles. The first-order chi connectivity index (χ1) is 11.8. The highest BCUT2D eigenvalue weighted by Gasteiger charge is 2.15. The van der Waals surface area contributed by atoms with Gasteiger partial charge in [-0.1, -0.05) is 23.2 Å². The average Bonchev–Trinajstić information content (AvgIpc) is 2.84. The van der Waals surface area contributed by atoms with Crippen LogP contribution in [0.15, 0.2) is 24.3 Å². The number of rotatable bonds is 6. The van der Waals surface area contributed by atoms with Crippen LogP contribution >= 0.6 is 59.4 Å². The molecule has 1 amide bonds. The molecule has 0 saturated carbocycles. The number of likely N-dealkylation sites (N-methyl/N-ethyl adjacent to an activating group) is 1. The van der Waals surface area contributed by atoms with Crippen LogP contribution in [0.3, 0.4) is 0 Å². The highest BCUT2D eigenvalue weighted by molar-refractivity contribution is 7.20. The largest absolute Gasteiger partial charge is 0.492 e. The van der Waals surface area contributed by atoms with Gasteiger partial charge in [0, 0.05) is 17.7 Å². The lowest BCUT2D eigenvalue weighted by atomic mass is 10.0. The summed E-state index contributed by atoms with van der Waals surface area (Å²) in [6, 6.07) is 6.78. The summed E-state index contributed by atoms with van der Waals surface area (Å²) in [7, 11) is 3.89. The molecule has 11 heteroatoms. The Labute approximate surface area is 184 Å². The van der Waals surface area contributed by atoms with Crippen LogP contribution in [0.25, 0.3) is 11.1 Å². The van der Waals surface area contributed by atoms with E-state index in [2.05, 4.69) is 5.32 Å². The molecule has 1 heterocycles. The van der Waals surface area contributed by atoms with Crippen LogP contribution in [0.5, 0.6) is 5.75 Å². The minimum Gasteiger partial charge on any atom is -0.492 e. The smallest absolute Gasteiger partial charge is 0.258 e. The number of nitrogens with two attached hydrogens (primary N) is 1. The fraction of sp³-hybridized carbons (Fsp3) is 0.250. The first-order valence-corrected chi connectivity index (χ1v) is 8.86. The van der Waals surface area contributed by atoms with Crippen molar-refractivity contribution >= 4 is 71.2 Å². The Bertz CT molecular complexity index is 799. The SMILES string of the molecule is CN(C)CCOc1cc(C(=O)NC(=N)N)cc(-c2cc(Cl)sc2Cl)c1.Cl.Cl. The van der Waals surface area contributed by atoms with Gasteiger partial charge in [0.15, 0.2) is 5.96 Å². The van der Waals surface area contributed by atoms with E-state index in [1.807, 2.05) is 19.0 Å². The zero-order valence-corrected chi connectivity index (χ0v) is 18.5. The summed E-state index contributed by atoms with van der Waals surface area (Å²) in [4.78, 5) is 14.2. The van der Waals surface area contributed by atoms with Crippen molar-refractivity contribution in [3.05, 3.63) is 38.5 Å². The number of carbonyl (C=O) groups excluding carboxylic acids is 1. The molecule has 0 spiro atoms. The lowest BCUT2D eigenvalue weighted by Crippen LogP contribution is -2.35. The predicted octanol–water partition coefficient (Wildman–Crippen LogP) is 4.13. The van der Waals surface area contributed by atoms with Gasteiger partial charge >= 0.3 is 0 Å². The monoisotopic (exact) mass is 472 g/mol. The Morgan fingerprint density at radius 3 is 2.44 bits per heavy atom. The van der Waals surface area contributed by atoms with Crippen molar-refractivity contribution in [3.63, 3.8) is 0 Å². The molecule has 6 nitrogen and oxygen atoms in total. The second-order valence-corrected chi connectivity index (χ2v) is 7.79. The molecule has 4 N–H and O–H groups in total. The standard InChI is InChI=1S/C16H18Cl2N4O2S.2ClH/c1-22(2)3-4-24-11-6-9(12-8-13(17)25-14(12)18)5-10(7-11)15(23)21-16(19)20;;/h5-8H,3-4H2,1-2H3,(H4,19,20,21,23);2*1H. The third-order valence-electron chi connectivity index (χ3n) is 3.19. The van der Waals surface area contributed by atoms with Crippen LogP contribution in [0.2, 0.25) is 8.67 Å². The minimum absolute atomic E-state index is 0. The molecule has 0 saturated heterocycles. The highest BCUT2D eigenvalue weighted by Crippen LogP contribution is 2.39. The number of nitrogens with zero attached hydrogens (tertiary/aromatic N) is 1. The van der Waals surface area contributed by atoms with Crippen molar-refractivity contribution in [1.29, 1.82) is 5.41 Å². The molecule has 0 bridgehead atoms. The van der Waals surface area contributed by atoms with E-state index in [1.165, 1.54) is 11.3 Å². The van der Waals surface area contributed by atoms with Gasteiger partial charge in [0.05, 0.1) is 4.34 Å². The van der Waals surface area contributed by atoms with Crippen LogP contribution < -0.4 is 15.8 Å². The molecule has 1 aromatic carbocycles. The van der Waals surface area contributed by atoms with Gasteiger partial charge in [0.1, 0.15) is 16.7 Å². The van der Waals surface area contributed by atoms with E-state index in [0.29, 0.717) is 37.7 Å². The molecule has 27 heavy (non-hydrogen) atoms. The lowest BCUT2D eigenvalue weighted by Gasteiger charge is -2.13. The maximum absolute atomic E-state index is 12.2. The second-order valence-electron chi connectivity index (χ2n) is 5.50. The molecule has 150 valence electrons. The fourth-order valence-electron chi connectivity index (χ4n) is 2.05. The Hall–Kier alpha value is -1.22. The Morgan fingerprint density at radius 1 is 1.26 bits per heavy atom. The van der Waals surface area contributed by atoms with Gasteiger partial charge in [0.2, 0.25) is 0 Å². The van der Waals surface area contributed by atoms with Gasteiger partial charge in [-0.15, -0.1) is 36.2 Å². The zero-order chi connectivity index (χ0) is 18.6. The van der Waals surface area contributed by atoms with Crippen LogP contribution in [0.1, 0.15) is 10.4 Å². The van der Waals surface area contributed by atoms with E-state index < -0.39 is 11.9 Å². The molecule has 2 rings (SSSR count). The molecule has 0 fully saturated rings. The Kier molecular flexibility index (Phi) is 11.1. The predicted molar refractivity (Wildman–Crippen MR) is 118 cm³/mol. The summed E-state index contributed by atoms with van der Waals surface area (Å²) in [5, 5.41) is 9.47. The van der Waals surface area contributed by atoms with Crippen LogP contribution in [0.4, 0.5) is 0 Å². The number of hydrogen-bond acceptors (Lipinski definition) is 5. The number of guanidine groups is 1. The van der Waals surface area contributed by atoms with Crippen molar-refractivity contribution in [2.24, 2.45) is 5.73 Å². The number of halogens is 4. The summed E-state index contributed by atoms with van der Waals surface area (Å²) >= 11 is 13.5. The third kappa shape index (κ3) is 7.73. The number of nitrogens with one attached hydrogen (secondary N) is 2. The average molecular weight is 474 g/mol. The highest BCUT2D eigenvalue weighted by atomic mass is 35.5. The van der Waals surface area contributed by atoms with Gasteiger partial charge in [0.25, 0.3) is 5.91 Å². The van der Waals surface area contributed by atoms with Crippen LogP contribution in [-0.4, -0.2) is 44.0 Å². The van der Waals surface area contributed by atoms with E-state index in [9.17, 15) is 4.79 Å². The number of ether oxygens (including phenoxy) is 1. The summed E-state index contributed by atoms with van der Waals surface area (Å²) in [6.45, 7) is 1.19. The van der Waals surface area contributed by atoms with Crippen LogP contribution in [-0.2, 0) is 0 Å². The third-order valence-corrected chi connectivity index (χ3v) is 4.68. The summed E-state index contributed by atoms with van der Waals surface area (Å²) in [6.07, 6.45) is 0. The fourth-order valence-corrected chi connectivity index (χ4v) is 3.55. The molecular formula is C16H20Cl4N4O2S. The normalized spacial score (nSPS) is 9.96. The van der Waals surface area contributed by atoms with Gasteiger partial charge in [-0.05, 0) is 43.9 Å². The van der Waals surface area contributed by atoms with E-state index in [1.54, 1.807) is 24.3 Å². The molecule has 0 unspecified atom stereocenters. The van der Waals surface area contributed by atoms with Gasteiger partial charge in [-0.3, -0.25) is 15.5 Å². The number of thiophene rings is 1. The summed E-state index contributed by atoms with van der Waals surface area (Å²) < 4.78 is 6.81. The first kappa shape index (κ1) is 25.8. The van der Waals surface area contributed by atoms with Crippen molar-refractivity contribution in [1.82, 2.24) is 10.2 Å². The maximum atomic E-state index is 12.2. The molecule has 0 aliphatic carbocycles. The number of benzene rings is 1.